The molecule has 0 atom stereocenters. The number of hydrogen-bond acceptors (Lipinski definition) is 3. The SMILES string of the molecule is Cc1ccc(SCCC(=O)c2ccc(C(=O)NC(C)C)cc2)cc1. The molecule has 1 N–H and O–H groups in total. The zero-order valence-corrected chi connectivity index (χ0v) is 15.2. The molecule has 0 fully saturated rings. The van der Waals surface area contributed by atoms with Crippen molar-refractivity contribution in [1.82, 2.24) is 5.32 Å². The van der Waals surface area contributed by atoms with Crippen molar-refractivity contribution in [2.45, 2.75) is 38.1 Å². The fourth-order valence-electron chi connectivity index (χ4n) is 2.19. The van der Waals surface area contributed by atoms with Gasteiger partial charge < -0.3 is 5.32 Å². The minimum absolute atomic E-state index is 0.0950. The predicted octanol–water partition coefficient (Wildman–Crippen LogP) is 4.50. The molecule has 0 aliphatic rings. The van der Waals surface area contributed by atoms with E-state index in [9.17, 15) is 9.59 Å². The molecule has 0 aromatic heterocycles. The van der Waals surface area contributed by atoms with E-state index in [1.807, 2.05) is 13.8 Å². The topological polar surface area (TPSA) is 46.2 Å². The molecule has 2 aromatic carbocycles. The number of thioether (sulfide) groups is 1. The molecule has 0 spiro atoms. The lowest BCUT2D eigenvalue weighted by Gasteiger charge is -2.08. The van der Waals surface area contributed by atoms with E-state index in [2.05, 4.69) is 36.5 Å². The molecule has 126 valence electrons. The number of nitrogens with one attached hydrogen (secondary N) is 1. The largest absolute Gasteiger partial charge is 0.350 e. The van der Waals surface area contributed by atoms with E-state index in [-0.39, 0.29) is 17.7 Å². The number of rotatable bonds is 7. The van der Waals surface area contributed by atoms with Crippen molar-refractivity contribution in [3.63, 3.8) is 0 Å². The average molecular weight is 341 g/mol. The van der Waals surface area contributed by atoms with Gasteiger partial charge >= 0.3 is 0 Å². The number of amides is 1. The Morgan fingerprint density at radius 2 is 1.54 bits per heavy atom. The lowest BCUT2D eigenvalue weighted by Crippen LogP contribution is -2.30. The molecule has 24 heavy (non-hydrogen) atoms. The summed E-state index contributed by atoms with van der Waals surface area (Å²) in [6.45, 7) is 5.89. The Hall–Kier alpha value is -2.07. The zero-order valence-electron chi connectivity index (χ0n) is 14.3. The second kappa shape index (κ2) is 8.69. The molecule has 0 saturated heterocycles. The summed E-state index contributed by atoms with van der Waals surface area (Å²) in [6, 6.07) is 15.3. The van der Waals surface area contributed by atoms with Gasteiger partial charge in [0.2, 0.25) is 0 Å². The molecule has 0 radical (unpaired) electrons. The van der Waals surface area contributed by atoms with Crippen LogP contribution in [0.3, 0.4) is 0 Å². The number of ketones is 1. The van der Waals surface area contributed by atoms with Crippen LogP contribution in [0.5, 0.6) is 0 Å². The summed E-state index contributed by atoms with van der Waals surface area (Å²) >= 11 is 1.68. The van der Waals surface area contributed by atoms with Crippen LogP contribution in [0.4, 0.5) is 0 Å². The first kappa shape index (κ1) is 18.3. The molecule has 0 heterocycles. The van der Waals surface area contributed by atoms with Gasteiger partial charge in [-0.05, 0) is 45.0 Å². The third-order valence-corrected chi connectivity index (χ3v) is 4.52. The van der Waals surface area contributed by atoms with E-state index < -0.39 is 0 Å². The van der Waals surface area contributed by atoms with Crippen LogP contribution in [0.25, 0.3) is 0 Å². The van der Waals surface area contributed by atoms with Crippen LogP contribution < -0.4 is 5.32 Å². The second-order valence-electron chi connectivity index (χ2n) is 6.04. The van der Waals surface area contributed by atoms with E-state index in [0.29, 0.717) is 17.5 Å². The van der Waals surface area contributed by atoms with Gasteiger partial charge in [0.1, 0.15) is 0 Å². The highest BCUT2D eigenvalue weighted by atomic mass is 32.2. The smallest absolute Gasteiger partial charge is 0.251 e. The number of carbonyl (C=O) groups is 2. The number of carbonyl (C=O) groups excluding carboxylic acids is 2. The van der Waals surface area contributed by atoms with E-state index in [1.54, 1.807) is 36.0 Å². The van der Waals surface area contributed by atoms with Crippen molar-refractivity contribution in [2.75, 3.05) is 5.75 Å². The molecule has 4 heteroatoms. The van der Waals surface area contributed by atoms with E-state index in [1.165, 1.54) is 10.5 Å². The molecule has 1 amide bonds. The first-order chi connectivity index (χ1) is 11.5. The Morgan fingerprint density at radius 3 is 2.12 bits per heavy atom. The molecule has 3 nitrogen and oxygen atoms in total. The van der Waals surface area contributed by atoms with Gasteiger partial charge in [-0.2, -0.15) is 0 Å². The predicted molar refractivity (Wildman–Crippen MR) is 99.9 cm³/mol. The van der Waals surface area contributed by atoms with Gasteiger partial charge in [0.25, 0.3) is 5.91 Å². The van der Waals surface area contributed by atoms with E-state index >= 15 is 0 Å². The fourth-order valence-corrected chi connectivity index (χ4v) is 3.05. The van der Waals surface area contributed by atoms with Crippen LogP contribution in [0, 0.1) is 6.92 Å². The Morgan fingerprint density at radius 1 is 0.958 bits per heavy atom. The maximum absolute atomic E-state index is 12.2. The summed E-state index contributed by atoms with van der Waals surface area (Å²) in [7, 11) is 0. The van der Waals surface area contributed by atoms with Crippen molar-refractivity contribution in [3.05, 3.63) is 65.2 Å². The van der Waals surface area contributed by atoms with Crippen LogP contribution >= 0.6 is 11.8 Å². The molecule has 0 saturated carbocycles. The van der Waals surface area contributed by atoms with E-state index in [4.69, 9.17) is 0 Å². The van der Waals surface area contributed by atoms with Crippen LogP contribution in [-0.4, -0.2) is 23.5 Å². The van der Waals surface area contributed by atoms with Gasteiger partial charge in [0.15, 0.2) is 5.78 Å². The van der Waals surface area contributed by atoms with Gasteiger partial charge in [0, 0.05) is 34.2 Å². The number of Topliss-reactive ketones (excluding diaryl/α,β-unsaturated/α-hetero) is 1. The van der Waals surface area contributed by atoms with Gasteiger partial charge in [-0.1, -0.05) is 29.8 Å². The molecule has 2 rings (SSSR count). The molecular formula is C20H23NO2S. The first-order valence-corrected chi connectivity index (χ1v) is 9.08. The highest BCUT2D eigenvalue weighted by molar-refractivity contribution is 7.99. The molecule has 0 aliphatic heterocycles. The Balaban J connectivity index is 1.86. The summed E-state index contributed by atoms with van der Waals surface area (Å²) in [5, 5.41) is 2.84. The monoisotopic (exact) mass is 341 g/mol. The van der Waals surface area contributed by atoms with Crippen LogP contribution in [0.2, 0.25) is 0 Å². The lowest BCUT2D eigenvalue weighted by atomic mass is 10.1. The summed E-state index contributed by atoms with van der Waals surface area (Å²) in [6.07, 6.45) is 0.482. The highest BCUT2D eigenvalue weighted by Crippen LogP contribution is 2.20. The van der Waals surface area contributed by atoms with Crippen molar-refractivity contribution in [1.29, 1.82) is 0 Å². The Kier molecular flexibility index (Phi) is 6.62. The fraction of sp³-hybridized carbons (Fsp3) is 0.300. The third-order valence-electron chi connectivity index (χ3n) is 3.51. The maximum Gasteiger partial charge on any atom is 0.251 e. The molecule has 0 unspecified atom stereocenters. The summed E-state index contributed by atoms with van der Waals surface area (Å²) in [5.74, 6) is 0.738. The van der Waals surface area contributed by atoms with Crippen molar-refractivity contribution >= 4 is 23.5 Å². The average Bonchev–Trinajstić information content (AvgIpc) is 2.56. The molecular weight excluding hydrogens is 318 g/mol. The van der Waals surface area contributed by atoms with Crippen molar-refractivity contribution < 1.29 is 9.59 Å². The minimum Gasteiger partial charge on any atom is -0.350 e. The second-order valence-corrected chi connectivity index (χ2v) is 7.21. The Bertz CT molecular complexity index is 691. The number of aryl methyl sites for hydroxylation is 1. The summed E-state index contributed by atoms with van der Waals surface area (Å²) < 4.78 is 0. The normalized spacial score (nSPS) is 10.7. The number of benzene rings is 2. The molecule has 2 aromatic rings. The summed E-state index contributed by atoms with van der Waals surface area (Å²) in [5.41, 5.74) is 2.46. The maximum atomic E-state index is 12.2. The minimum atomic E-state index is -0.112. The summed E-state index contributed by atoms with van der Waals surface area (Å²) in [4.78, 5) is 25.3. The standard InChI is InChI=1S/C20H23NO2S/c1-14(2)21-20(23)17-8-6-16(7-9-17)19(22)12-13-24-18-10-4-15(3)5-11-18/h4-11,14H,12-13H2,1-3H3,(H,21,23). The van der Waals surface area contributed by atoms with Gasteiger partial charge in [-0.25, -0.2) is 0 Å². The number of hydrogen-bond donors (Lipinski definition) is 1. The van der Waals surface area contributed by atoms with E-state index in [0.717, 1.165) is 5.75 Å². The zero-order chi connectivity index (χ0) is 17.5. The quantitative estimate of drug-likeness (QED) is 0.596. The third kappa shape index (κ3) is 5.53. The molecule has 0 bridgehead atoms. The van der Waals surface area contributed by atoms with Crippen LogP contribution in [-0.2, 0) is 0 Å². The highest BCUT2D eigenvalue weighted by Gasteiger charge is 2.10. The van der Waals surface area contributed by atoms with Gasteiger partial charge in [-0.3, -0.25) is 9.59 Å². The van der Waals surface area contributed by atoms with Crippen LogP contribution in [0.15, 0.2) is 53.4 Å². The first-order valence-electron chi connectivity index (χ1n) is 8.09. The Labute approximate surface area is 147 Å². The lowest BCUT2D eigenvalue weighted by molar-refractivity contribution is 0.0940. The van der Waals surface area contributed by atoms with Gasteiger partial charge in [0.05, 0.1) is 0 Å². The molecule has 0 aliphatic carbocycles. The van der Waals surface area contributed by atoms with Gasteiger partial charge in [-0.15, -0.1) is 11.8 Å². The van der Waals surface area contributed by atoms with Crippen LogP contribution in [0.1, 0.15) is 46.5 Å². The van der Waals surface area contributed by atoms with Crippen molar-refractivity contribution in [2.24, 2.45) is 0 Å². The van der Waals surface area contributed by atoms with Crippen molar-refractivity contribution in [3.8, 4) is 0 Å².